The van der Waals surface area contributed by atoms with Crippen molar-refractivity contribution in [2.24, 2.45) is 4.99 Å². The van der Waals surface area contributed by atoms with Crippen LogP contribution in [-0.4, -0.2) is 59.1 Å². The van der Waals surface area contributed by atoms with Crippen LogP contribution in [0.15, 0.2) is 29.3 Å². The number of hydrogen-bond acceptors (Lipinski definition) is 5. The monoisotopic (exact) mass is 373 g/mol. The molecule has 1 amide bonds. The summed E-state index contributed by atoms with van der Waals surface area (Å²) in [4.78, 5) is 31.0. The van der Waals surface area contributed by atoms with Crippen molar-refractivity contribution in [2.75, 3.05) is 20.1 Å². The van der Waals surface area contributed by atoms with E-state index in [0.29, 0.717) is 11.6 Å². The van der Waals surface area contributed by atoms with Gasteiger partial charge in [0, 0.05) is 23.7 Å². The lowest BCUT2D eigenvalue weighted by atomic mass is 10.1. The molecule has 2 heterocycles. The second kappa shape index (κ2) is 8.35. The predicted molar refractivity (Wildman–Crippen MR) is 107 cm³/mol. The predicted octanol–water partition coefficient (Wildman–Crippen LogP) is 2.74. The van der Waals surface area contributed by atoms with E-state index in [1.54, 1.807) is 6.92 Å². The second-order valence-electron chi connectivity index (χ2n) is 7.20. The number of hydrogen-bond donors (Lipinski definition) is 1. The molecular weight excluding hydrogens is 346 g/mol. The molecule has 0 aliphatic carbocycles. The summed E-state index contributed by atoms with van der Waals surface area (Å²) in [6.45, 7) is 5.43. The zero-order valence-corrected chi connectivity index (χ0v) is 16.5. The van der Waals surface area contributed by atoms with Crippen LogP contribution in [0.5, 0.6) is 0 Å². The molecule has 0 radical (unpaired) electrons. The van der Waals surface area contributed by atoms with Crippen LogP contribution in [-0.2, 0) is 4.79 Å². The number of nitrogens with zero attached hydrogens (tertiary/aromatic N) is 2. The summed E-state index contributed by atoms with van der Waals surface area (Å²) in [7, 11) is 2.16. The Morgan fingerprint density at radius 3 is 2.65 bits per heavy atom. The lowest BCUT2D eigenvalue weighted by Crippen LogP contribution is -2.39. The summed E-state index contributed by atoms with van der Waals surface area (Å²) in [6, 6.07) is 8.00. The molecule has 140 valence electrons. The minimum atomic E-state index is -0.182. The zero-order valence-electron chi connectivity index (χ0n) is 15.7. The first-order valence-corrected chi connectivity index (χ1v) is 10.2. The normalized spacial score (nSPS) is 26.0. The maximum absolute atomic E-state index is 12.6. The van der Waals surface area contributed by atoms with Gasteiger partial charge in [-0.05, 0) is 46.7 Å². The minimum Gasteiger partial charge on any atom is -0.355 e. The van der Waals surface area contributed by atoms with Gasteiger partial charge in [0.25, 0.3) is 0 Å². The maximum Gasteiger partial charge on any atom is 0.235 e. The number of nitrogens with one attached hydrogen (secondary N) is 1. The molecule has 26 heavy (non-hydrogen) atoms. The highest BCUT2D eigenvalue weighted by atomic mass is 32.2. The molecule has 1 N–H and O–H groups in total. The zero-order chi connectivity index (χ0) is 18.7. The average Bonchev–Trinajstić information content (AvgIpc) is 3.21. The Kier molecular flexibility index (Phi) is 6.14. The van der Waals surface area contributed by atoms with Crippen molar-refractivity contribution >= 4 is 28.5 Å². The van der Waals surface area contributed by atoms with Gasteiger partial charge in [0.1, 0.15) is 5.25 Å². The quantitative estimate of drug-likeness (QED) is 0.779. The molecule has 0 saturated carbocycles. The summed E-state index contributed by atoms with van der Waals surface area (Å²) >= 11 is 1.52. The lowest BCUT2D eigenvalue weighted by Gasteiger charge is -2.20. The van der Waals surface area contributed by atoms with Crippen molar-refractivity contribution in [3.8, 4) is 0 Å². The van der Waals surface area contributed by atoms with E-state index in [1.807, 2.05) is 31.2 Å². The van der Waals surface area contributed by atoms with E-state index in [0.717, 1.165) is 30.1 Å². The van der Waals surface area contributed by atoms with Crippen molar-refractivity contribution in [3.63, 3.8) is 0 Å². The third-order valence-corrected chi connectivity index (χ3v) is 6.67. The number of carbonyl (C=O) groups is 2. The third kappa shape index (κ3) is 4.35. The van der Waals surface area contributed by atoms with Gasteiger partial charge in [-0.15, -0.1) is 0 Å². The van der Waals surface area contributed by atoms with Gasteiger partial charge in [-0.2, -0.15) is 0 Å². The van der Waals surface area contributed by atoms with E-state index < -0.39 is 0 Å². The Bertz CT molecular complexity index is 702. The van der Waals surface area contributed by atoms with Gasteiger partial charge < -0.3 is 10.2 Å². The molecule has 0 aromatic heterocycles. The summed E-state index contributed by atoms with van der Waals surface area (Å²) in [5.41, 5.74) is 1.66. The molecule has 1 saturated heterocycles. The van der Waals surface area contributed by atoms with Crippen LogP contribution >= 0.6 is 11.8 Å². The summed E-state index contributed by atoms with van der Waals surface area (Å²) < 4.78 is 0. The fourth-order valence-corrected chi connectivity index (χ4v) is 4.76. The van der Waals surface area contributed by atoms with Crippen LogP contribution in [0, 0.1) is 0 Å². The van der Waals surface area contributed by atoms with Gasteiger partial charge in [0.15, 0.2) is 5.78 Å². The molecule has 5 nitrogen and oxygen atoms in total. The van der Waals surface area contributed by atoms with Gasteiger partial charge in [0.05, 0.1) is 11.1 Å². The number of thioether (sulfide) groups is 1. The summed E-state index contributed by atoms with van der Waals surface area (Å²) in [5.74, 6) is 0.123. The molecule has 2 aliphatic heterocycles. The largest absolute Gasteiger partial charge is 0.355 e. The van der Waals surface area contributed by atoms with Crippen molar-refractivity contribution in [1.29, 1.82) is 0 Å². The molecule has 2 aliphatic rings. The molecule has 1 aromatic carbocycles. The summed E-state index contributed by atoms with van der Waals surface area (Å²) in [6.07, 6.45) is 3.49. The van der Waals surface area contributed by atoms with E-state index in [2.05, 4.69) is 22.3 Å². The van der Waals surface area contributed by atoms with Crippen LogP contribution in [0.2, 0.25) is 0 Å². The number of benzene rings is 1. The number of amides is 1. The molecule has 0 bridgehead atoms. The first-order valence-electron chi connectivity index (χ1n) is 9.29. The minimum absolute atomic E-state index is 0.0448. The van der Waals surface area contributed by atoms with E-state index in [-0.39, 0.29) is 23.0 Å². The van der Waals surface area contributed by atoms with Gasteiger partial charge in [-0.25, -0.2) is 0 Å². The molecule has 3 unspecified atom stereocenters. The van der Waals surface area contributed by atoms with E-state index >= 15 is 0 Å². The summed E-state index contributed by atoms with van der Waals surface area (Å²) in [5, 5.41) is 3.79. The highest BCUT2D eigenvalue weighted by Gasteiger charge is 2.33. The number of rotatable bonds is 6. The van der Waals surface area contributed by atoms with Crippen LogP contribution in [0.1, 0.15) is 49.0 Å². The first-order chi connectivity index (χ1) is 12.5. The number of Topliss-reactive ketones (excluding diaryl/α,β-unsaturated/α-hetero) is 1. The first kappa shape index (κ1) is 19.1. The van der Waals surface area contributed by atoms with Crippen molar-refractivity contribution in [3.05, 3.63) is 35.4 Å². The van der Waals surface area contributed by atoms with Crippen LogP contribution in [0.4, 0.5) is 0 Å². The van der Waals surface area contributed by atoms with Crippen LogP contribution < -0.4 is 5.32 Å². The second-order valence-corrected chi connectivity index (χ2v) is 8.33. The maximum atomic E-state index is 12.6. The number of ketones is 1. The topological polar surface area (TPSA) is 61.8 Å². The van der Waals surface area contributed by atoms with E-state index in [1.165, 1.54) is 24.6 Å². The molecule has 1 fully saturated rings. The standard InChI is InChI=1S/C20H27N3O2S/c1-13-18(19(25)21-11-10-17-5-4-12-23(17)3)26-20(22-13)16-8-6-15(7-9-16)14(2)24/h6-9,13,17-18H,4-5,10-12H2,1-3H3,(H,21,25). The van der Waals surface area contributed by atoms with Gasteiger partial charge in [-0.3, -0.25) is 14.6 Å². The fourth-order valence-electron chi connectivity index (χ4n) is 3.57. The van der Waals surface area contributed by atoms with Gasteiger partial charge >= 0.3 is 0 Å². The van der Waals surface area contributed by atoms with Crippen LogP contribution in [0.25, 0.3) is 0 Å². The Morgan fingerprint density at radius 2 is 2.04 bits per heavy atom. The molecule has 0 spiro atoms. The van der Waals surface area contributed by atoms with Crippen molar-refractivity contribution in [2.45, 2.75) is 50.4 Å². The molecule has 3 atom stereocenters. The lowest BCUT2D eigenvalue weighted by molar-refractivity contribution is -0.120. The molecule has 1 aromatic rings. The third-order valence-electron chi connectivity index (χ3n) is 5.24. The number of carbonyl (C=O) groups excluding carboxylic acids is 2. The SMILES string of the molecule is CC(=O)c1ccc(C2=NC(C)C(C(=O)NCCC3CCCN3C)S2)cc1. The highest BCUT2D eigenvalue weighted by Crippen LogP contribution is 2.31. The van der Waals surface area contributed by atoms with E-state index in [4.69, 9.17) is 0 Å². The molecule has 3 rings (SSSR count). The number of aliphatic imine (C=N–C) groups is 1. The Hall–Kier alpha value is -1.66. The Labute approximate surface area is 159 Å². The number of likely N-dealkylation sites (tertiary alicyclic amines) is 1. The molecular formula is C20H27N3O2S. The Balaban J connectivity index is 1.52. The smallest absolute Gasteiger partial charge is 0.235 e. The van der Waals surface area contributed by atoms with Gasteiger partial charge in [0.2, 0.25) is 5.91 Å². The van der Waals surface area contributed by atoms with E-state index in [9.17, 15) is 9.59 Å². The van der Waals surface area contributed by atoms with Gasteiger partial charge in [-0.1, -0.05) is 36.0 Å². The van der Waals surface area contributed by atoms with Crippen LogP contribution in [0.3, 0.4) is 0 Å². The van der Waals surface area contributed by atoms with Crippen molar-refractivity contribution < 1.29 is 9.59 Å². The fraction of sp³-hybridized carbons (Fsp3) is 0.550. The highest BCUT2D eigenvalue weighted by molar-refractivity contribution is 8.15. The molecule has 6 heteroatoms. The van der Waals surface area contributed by atoms with Crippen molar-refractivity contribution in [1.82, 2.24) is 10.2 Å². The average molecular weight is 374 g/mol. The Morgan fingerprint density at radius 1 is 1.31 bits per heavy atom.